The van der Waals surface area contributed by atoms with Crippen LogP contribution in [0.1, 0.15) is 40.5 Å². The molecule has 10 fully saturated rings. The summed E-state index contributed by atoms with van der Waals surface area (Å²) in [5.74, 6) is 1.40. The Labute approximate surface area is 130 Å². The number of hydrogen-bond donors (Lipinski definition) is 1. The third kappa shape index (κ3) is 0.164. The molecule has 0 radical (unpaired) electrons. The second kappa shape index (κ2) is 1.10. The van der Waals surface area contributed by atoms with Crippen molar-refractivity contribution >= 4 is 0 Å². The zero-order valence-corrected chi connectivity index (χ0v) is 16.0. The molecule has 0 aromatic heterocycles. The van der Waals surface area contributed by atoms with Gasteiger partial charge in [-0.15, -0.1) is 0 Å². The van der Waals surface area contributed by atoms with Gasteiger partial charge in [0.1, 0.15) is 0 Å². The van der Waals surface area contributed by atoms with E-state index in [0.29, 0.717) is 11.8 Å². The van der Waals surface area contributed by atoms with Crippen molar-refractivity contribution in [2.75, 3.05) is 0 Å². The fraction of sp³-hybridized carbons (Fsp3) is 0.905. The van der Waals surface area contributed by atoms with E-state index in [0.717, 1.165) is 4.31 Å². The first kappa shape index (κ1) is 11.0. The van der Waals surface area contributed by atoms with E-state index in [1.165, 1.54) is 56.2 Å². The molecular weight excluding hydrogens is 322 g/mol. The Morgan fingerprint density at radius 3 is 1.52 bits per heavy atom. The maximum absolute atomic E-state index is 7.27. The molecule has 0 aliphatic carbocycles. The summed E-state index contributed by atoms with van der Waals surface area (Å²) in [5, 5.41) is 0. The van der Waals surface area contributed by atoms with E-state index >= 15 is 0 Å². The van der Waals surface area contributed by atoms with Crippen LogP contribution in [0.4, 0.5) is 0 Å². The first-order chi connectivity index (χ1) is 10.5. The summed E-state index contributed by atoms with van der Waals surface area (Å²) in [7, 11) is 0. The van der Waals surface area contributed by atoms with Crippen molar-refractivity contribution < 1.29 is 6.51 Å². The van der Waals surface area contributed by atoms with Crippen molar-refractivity contribution in [3.8, 4) is 0 Å². The average Bonchev–Trinajstić information content (AvgIpc) is 3.37. The minimum atomic E-state index is -3.08. The molecule has 10 saturated heterocycles. The van der Waals surface area contributed by atoms with Gasteiger partial charge in [0.25, 0.3) is 0 Å². The minimum absolute atomic E-state index is 0.0415. The fourth-order valence-electron chi connectivity index (χ4n) is 19.2. The summed E-state index contributed by atoms with van der Waals surface area (Å²) >= 11 is 0. The van der Waals surface area contributed by atoms with E-state index < -0.39 is 6.51 Å². The molecule has 0 amide bonds. The number of hydrogen-bond acceptors (Lipinski definition) is 1. The average molecular weight is 353 g/mol. The Bertz CT molecular complexity index is 1050. The molecule has 1 nitrogen and oxygen atoms in total. The molecule has 10 aliphatic rings. The van der Waals surface area contributed by atoms with Gasteiger partial charge < -0.3 is 0 Å². The maximum atomic E-state index is 7.27. The molecule has 4 atom stereocenters. The Kier molecular flexibility index (Phi) is 0.530. The summed E-state index contributed by atoms with van der Waals surface area (Å²) in [6.07, 6.45) is 2.37. The van der Waals surface area contributed by atoms with Crippen LogP contribution in [0, 0.1) is 11.8 Å². The van der Waals surface area contributed by atoms with Crippen molar-refractivity contribution in [3.63, 3.8) is 0 Å². The third-order valence-corrected chi connectivity index (χ3v) is 59.7. The Morgan fingerprint density at radius 1 is 0.913 bits per heavy atom. The predicted octanol–water partition coefficient (Wildman–Crippen LogP) is 6.09. The van der Waals surface area contributed by atoms with Crippen LogP contribution in [0.25, 0.3) is 0 Å². The van der Waals surface area contributed by atoms with Gasteiger partial charge in [0.15, 0.2) is 0 Å². The van der Waals surface area contributed by atoms with Gasteiger partial charge in [-0.2, -0.15) is 0 Å². The third-order valence-electron chi connectivity index (χ3n) is 17.3. The Hall–Kier alpha value is 0.219. The molecule has 1 spiro atoms. The summed E-state index contributed by atoms with van der Waals surface area (Å²) in [5.41, 5.74) is 8.91. The monoisotopic (exact) mass is 353 g/mol. The molecule has 23 heavy (non-hydrogen) atoms. The van der Waals surface area contributed by atoms with Crippen LogP contribution < -0.4 is 5.73 Å². The van der Waals surface area contributed by atoms with E-state index in [1.807, 2.05) is 0 Å². The van der Waals surface area contributed by atoms with Crippen LogP contribution in [0.3, 0.4) is 0 Å². The second-order valence-corrected chi connectivity index (χ2v) is 38.1. The van der Waals surface area contributed by atoms with Gasteiger partial charge in [-0.25, -0.2) is 0 Å². The Morgan fingerprint density at radius 2 is 1.30 bits per heavy atom. The van der Waals surface area contributed by atoms with Crippen molar-refractivity contribution in [1.82, 2.24) is 0 Å². The van der Waals surface area contributed by atoms with Crippen molar-refractivity contribution in [1.29, 1.82) is 0 Å². The van der Waals surface area contributed by atoms with Gasteiger partial charge in [-0.1, -0.05) is 0 Å². The number of rotatable bonds is 6. The van der Waals surface area contributed by atoms with Gasteiger partial charge in [-0.3, -0.25) is 0 Å². The van der Waals surface area contributed by atoms with Gasteiger partial charge in [0, 0.05) is 0 Å². The number of nitrogens with two attached hydrogens (primary N) is 1. The van der Waals surface area contributed by atoms with Crippen LogP contribution in [0.15, 0.2) is 12.2 Å². The summed E-state index contributed by atoms with van der Waals surface area (Å²) in [6.45, 7) is 11.3. The second-order valence-electron chi connectivity index (χ2n) is 14.5. The molecule has 10 aliphatic heterocycles. The fourth-order valence-corrected chi connectivity index (χ4v) is 93.6. The standard InChI is InChI=1S/C16H26N.C5H5.Fe/c1-12(2)10-16(17,11-13(3)4)14(5)15-8-6-7-9-15;1-2-4-5-3-1;/h6-9,12-13H,5,10-11,17H2,1-4H3;1-5H;. The molecular formula is C21H31FeN. The molecule has 0 bridgehead atoms. The molecule has 4 unspecified atom stereocenters. The molecule has 10 heterocycles. The van der Waals surface area contributed by atoms with E-state index in [9.17, 15) is 0 Å². The van der Waals surface area contributed by atoms with Crippen LogP contribution >= 0.6 is 0 Å². The molecule has 2 heteroatoms. The van der Waals surface area contributed by atoms with Gasteiger partial charge in [0.05, 0.1) is 0 Å². The summed E-state index contributed by atoms with van der Waals surface area (Å²) in [6, 6.07) is 0. The van der Waals surface area contributed by atoms with E-state index in [1.54, 1.807) is 5.57 Å². The van der Waals surface area contributed by atoms with Crippen LogP contribution in [-0.4, -0.2) is 5.54 Å². The molecule has 0 aromatic carbocycles. The molecule has 0 aromatic rings. The Balaban J connectivity index is 1.25. The zero-order chi connectivity index (χ0) is 15.7. The van der Waals surface area contributed by atoms with Gasteiger partial charge >= 0.3 is 130 Å². The SMILES string of the molecule is C=C(C(N)(CC(C)C)CC(C)C)[C]12[CH]3[CH]4[CH]5[CH]1[Fe]45321678[CH]2[CH]1[CH]6[CH]7[CH]28. The molecule has 128 valence electrons. The van der Waals surface area contributed by atoms with Crippen LogP contribution in [0.2, 0.25) is 47.7 Å². The topological polar surface area (TPSA) is 26.0 Å². The van der Waals surface area contributed by atoms with Crippen molar-refractivity contribution in [2.24, 2.45) is 17.6 Å². The van der Waals surface area contributed by atoms with Gasteiger partial charge in [0.2, 0.25) is 0 Å². The van der Waals surface area contributed by atoms with E-state index in [4.69, 9.17) is 12.3 Å². The summed E-state index contributed by atoms with van der Waals surface area (Å²) < 4.78 is 0.789. The first-order valence-electron chi connectivity index (χ1n) is 10.2. The molecule has 0 saturated carbocycles. The van der Waals surface area contributed by atoms with E-state index in [2.05, 4.69) is 27.7 Å². The predicted molar refractivity (Wildman–Crippen MR) is 91.4 cm³/mol. The molecule has 10 rings (SSSR count). The quantitative estimate of drug-likeness (QED) is 0.454. The normalized spacial score (nSPS) is 92.4. The van der Waals surface area contributed by atoms with Gasteiger partial charge in [-0.05, 0) is 0 Å². The van der Waals surface area contributed by atoms with Crippen LogP contribution in [0.5, 0.6) is 0 Å². The van der Waals surface area contributed by atoms with Crippen molar-refractivity contribution in [3.05, 3.63) is 12.2 Å². The summed E-state index contributed by atoms with van der Waals surface area (Å²) in [4.78, 5) is 12.3. The van der Waals surface area contributed by atoms with Crippen molar-refractivity contribution in [2.45, 2.75) is 93.7 Å². The first-order valence-corrected chi connectivity index (χ1v) is 16.5. The zero-order valence-electron chi connectivity index (χ0n) is 14.9. The van der Waals surface area contributed by atoms with E-state index in [-0.39, 0.29) is 5.54 Å². The van der Waals surface area contributed by atoms with Crippen LogP contribution in [-0.2, 0) is 6.51 Å². The number of fused-ring (bicyclic) bond motifs is 10. The molecule has 2 N–H and O–H groups in total.